The minimum Gasteiger partial charge on any atom is -0.541 e. The molecule has 0 saturated carbocycles. The van der Waals surface area contributed by atoms with Crippen LogP contribution < -0.4 is 9.16 Å². The van der Waals surface area contributed by atoms with E-state index in [1.54, 1.807) is 7.11 Å². The van der Waals surface area contributed by atoms with Crippen molar-refractivity contribution in [1.29, 1.82) is 0 Å². The summed E-state index contributed by atoms with van der Waals surface area (Å²) in [5.74, 6) is 2.36. The molecule has 39 heavy (non-hydrogen) atoms. The lowest BCUT2D eigenvalue weighted by atomic mass is 9.80. The molecule has 0 aromatic heterocycles. The van der Waals surface area contributed by atoms with Crippen molar-refractivity contribution in [2.75, 3.05) is 33.5 Å². The third kappa shape index (κ3) is 10.3. The van der Waals surface area contributed by atoms with Crippen LogP contribution in [0.2, 0.25) is 18.1 Å². The van der Waals surface area contributed by atoms with Crippen LogP contribution in [-0.2, 0) is 11.2 Å². The lowest BCUT2D eigenvalue weighted by molar-refractivity contribution is -0.0621. The maximum atomic E-state index is 12.4. The summed E-state index contributed by atoms with van der Waals surface area (Å²) in [5.41, 5.74) is 2.80. The molecule has 2 aliphatic rings. The average Bonchev–Trinajstić information content (AvgIpc) is 2.83. The molecule has 1 saturated heterocycles. The Hall–Kier alpha value is -0.0631. The molecule has 230 valence electrons. The van der Waals surface area contributed by atoms with Crippen molar-refractivity contribution in [3.05, 3.63) is 23.3 Å². The number of ether oxygens (including phenoxy) is 2. The van der Waals surface area contributed by atoms with Crippen LogP contribution in [0.3, 0.4) is 0 Å². The van der Waals surface area contributed by atoms with Crippen molar-refractivity contribution in [2.24, 2.45) is 5.92 Å². The second-order valence-electron chi connectivity index (χ2n) is 12.5. The molecule has 0 spiro atoms. The van der Waals surface area contributed by atoms with Gasteiger partial charge in [0.15, 0.2) is 5.75 Å². The third-order valence-corrected chi connectivity index (χ3v) is 13.1. The maximum Gasteiger partial charge on any atom is 0.250 e. The molecule has 0 N–H and O–H groups in total. The van der Waals surface area contributed by atoms with Crippen LogP contribution in [0, 0.1) is 5.92 Å². The van der Waals surface area contributed by atoms with Crippen LogP contribution >= 0.6 is 40.5 Å². The average molecular weight is 624 g/mol. The van der Waals surface area contributed by atoms with Crippen molar-refractivity contribution < 1.29 is 18.3 Å². The molecule has 0 aliphatic carbocycles. The lowest BCUT2D eigenvalue weighted by Gasteiger charge is -2.47. The summed E-state index contributed by atoms with van der Waals surface area (Å²) in [5, 5.41) is 0.125. The fraction of sp³-hybridized carbons (Fsp3) is 0.800. The number of fused-ring (bicyclic) bond motifs is 3. The predicted octanol–water partition coefficient (Wildman–Crippen LogP) is 8.44. The molecule has 2 heterocycles. The van der Waals surface area contributed by atoms with Crippen molar-refractivity contribution in [1.82, 2.24) is 4.90 Å². The van der Waals surface area contributed by atoms with Gasteiger partial charge in [0.05, 0.1) is 19.9 Å². The molecular weight excluding hydrogens is 566 g/mol. The van der Waals surface area contributed by atoms with Gasteiger partial charge in [-0.15, -0.1) is 0 Å². The van der Waals surface area contributed by atoms with E-state index in [9.17, 15) is 4.39 Å². The minimum atomic E-state index is -2.00. The van der Waals surface area contributed by atoms with Crippen molar-refractivity contribution in [3.8, 4) is 11.5 Å². The van der Waals surface area contributed by atoms with E-state index in [0.717, 1.165) is 63.3 Å². The van der Waals surface area contributed by atoms with Gasteiger partial charge >= 0.3 is 0 Å². The van der Waals surface area contributed by atoms with Crippen molar-refractivity contribution in [2.45, 2.75) is 116 Å². The monoisotopic (exact) mass is 623 g/mol. The number of nitrogens with zero attached hydrogens (tertiary/aromatic N) is 1. The SMILES string of the molecule is CCCC[C@H]1CN2CCc3cc(OC)c(O[Si](C)(C)C(C)(C)C)cc3[C@@H]2C[C@@H]1OCCCCCC[19F].S.S.S. The molecule has 9 heteroatoms. The summed E-state index contributed by atoms with van der Waals surface area (Å²) in [7, 11) is -0.239. The topological polar surface area (TPSA) is 30.9 Å². The van der Waals surface area contributed by atoms with Crippen molar-refractivity contribution >= 4 is 48.8 Å². The smallest absolute Gasteiger partial charge is 0.250 e. The number of hydrogen-bond acceptors (Lipinski definition) is 4. The minimum absolute atomic E-state index is 0. The summed E-state index contributed by atoms with van der Waals surface area (Å²) in [4.78, 5) is 2.70. The Morgan fingerprint density at radius 3 is 2.31 bits per heavy atom. The zero-order chi connectivity index (χ0) is 26.3. The first-order chi connectivity index (χ1) is 17.1. The number of rotatable bonds is 13. The second-order valence-corrected chi connectivity index (χ2v) is 17.2. The molecule has 3 rings (SSSR count). The van der Waals surface area contributed by atoms with E-state index in [1.165, 1.54) is 30.4 Å². The highest BCUT2D eigenvalue weighted by atomic mass is 32.1. The van der Waals surface area contributed by atoms with E-state index < -0.39 is 8.32 Å². The van der Waals surface area contributed by atoms with Gasteiger partial charge in [-0.3, -0.25) is 9.29 Å². The van der Waals surface area contributed by atoms with Gasteiger partial charge < -0.3 is 13.9 Å². The first kappa shape index (κ1) is 38.9. The van der Waals surface area contributed by atoms with Crippen LogP contribution in [-0.4, -0.2) is 52.8 Å². The molecule has 3 atom stereocenters. The standard InChI is InChI=1S/C30H52FNO3Si.3H2S/c1-8-9-14-24-22-32-17-15-23-19-28(33-5)29(35-36(6,7)30(2,3)4)20-25(23)26(32)21-27(24)34-18-13-11-10-12-16-31;;;/h19-20,24,26-27H,8-18,21-22H2,1-7H3;3*1H2/t24-,26-,27-;;;/m0.../s1/i31+0;;;. The number of hydrogen-bond donors (Lipinski definition) is 0. The highest BCUT2D eigenvalue weighted by molar-refractivity contribution is 7.59. The van der Waals surface area contributed by atoms with E-state index in [0.29, 0.717) is 18.4 Å². The van der Waals surface area contributed by atoms with Gasteiger partial charge in [-0.25, -0.2) is 0 Å². The zero-order valence-electron chi connectivity index (χ0n) is 25.6. The third-order valence-electron chi connectivity index (χ3n) is 8.80. The maximum absolute atomic E-state index is 12.4. The molecule has 1 aromatic carbocycles. The van der Waals surface area contributed by atoms with Gasteiger partial charge in [-0.1, -0.05) is 53.4 Å². The Morgan fingerprint density at radius 1 is 1.00 bits per heavy atom. The normalized spacial score (nSPS) is 21.0. The van der Waals surface area contributed by atoms with Gasteiger partial charge in [0.1, 0.15) is 5.75 Å². The van der Waals surface area contributed by atoms with Crippen LogP contribution in [0.25, 0.3) is 0 Å². The van der Waals surface area contributed by atoms with E-state index in [1.807, 2.05) is 0 Å². The van der Waals surface area contributed by atoms with Crippen molar-refractivity contribution in [3.63, 3.8) is 0 Å². The van der Waals surface area contributed by atoms with Gasteiger partial charge in [0, 0.05) is 25.7 Å². The number of benzene rings is 1. The highest BCUT2D eigenvalue weighted by Gasteiger charge is 2.42. The second kappa shape index (κ2) is 17.8. The molecule has 0 amide bonds. The molecule has 2 aliphatic heterocycles. The van der Waals surface area contributed by atoms with Gasteiger partial charge in [0.2, 0.25) is 0 Å². The van der Waals surface area contributed by atoms with E-state index in [2.05, 4.69) is 57.8 Å². The molecule has 1 fully saturated rings. The first-order valence-electron chi connectivity index (χ1n) is 14.4. The van der Waals surface area contributed by atoms with E-state index in [-0.39, 0.29) is 58.3 Å². The van der Waals surface area contributed by atoms with Gasteiger partial charge in [-0.05, 0) is 79.4 Å². The fourth-order valence-electron chi connectivity index (χ4n) is 5.49. The summed E-state index contributed by atoms with van der Waals surface area (Å²) in [6, 6.07) is 4.90. The summed E-state index contributed by atoms with van der Waals surface area (Å²) in [6.07, 6.45) is 9.85. The highest BCUT2D eigenvalue weighted by Crippen LogP contribution is 2.46. The number of alkyl halides is 1. The molecular formula is C30H58FNO3S3Si. The van der Waals surface area contributed by atoms with Gasteiger partial charge in [-0.2, -0.15) is 40.5 Å². The lowest BCUT2D eigenvalue weighted by Crippen LogP contribution is -2.49. The number of piperidine rings is 1. The van der Waals surface area contributed by atoms with E-state index >= 15 is 0 Å². The molecule has 0 radical (unpaired) electrons. The molecule has 1 aromatic rings. The first-order valence-corrected chi connectivity index (χ1v) is 17.3. The summed E-state index contributed by atoms with van der Waals surface area (Å²) < 4.78 is 31.6. The van der Waals surface area contributed by atoms with Gasteiger partial charge in [0.25, 0.3) is 8.32 Å². The quantitative estimate of drug-likeness (QED) is 0.163. The Bertz CT molecular complexity index is 840. The Labute approximate surface area is 261 Å². The van der Waals surface area contributed by atoms with Crippen LogP contribution in [0.15, 0.2) is 12.1 Å². The predicted molar refractivity (Wildman–Crippen MR) is 182 cm³/mol. The number of unbranched alkanes of at least 4 members (excludes halogenated alkanes) is 4. The summed E-state index contributed by atoms with van der Waals surface area (Å²) >= 11 is 0. The number of methoxy groups -OCH3 is 1. The molecule has 0 unspecified atom stereocenters. The van der Waals surface area contributed by atoms with Crippen LogP contribution in [0.4, 0.5) is 4.39 Å². The van der Waals surface area contributed by atoms with E-state index in [4.69, 9.17) is 13.9 Å². The largest absolute Gasteiger partial charge is 0.541 e. The zero-order valence-corrected chi connectivity index (χ0v) is 29.6. The molecule has 4 nitrogen and oxygen atoms in total. The Balaban J connectivity index is 0.00000481. The fourth-order valence-corrected chi connectivity index (χ4v) is 6.50. The number of halogens is 1. The Kier molecular flexibility index (Phi) is 17.8. The Morgan fingerprint density at radius 2 is 1.69 bits per heavy atom. The van der Waals surface area contributed by atoms with Crippen LogP contribution in [0.5, 0.6) is 11.5 Å². The summed E-state index contributed by atoms with van der Waals surface area (Å²) in [6.45, 7) is 16.5. The molecule has 0 bridgehead atoms. The van der Waals surface area contributed by atoms with Crippen LogP contribution in [0.1, 0.15) is 96.2 Å².